The SMILES string of the molecule is CCN(C(=O)Nc1ccccc1Br)C(C)c1nc2ccccc2c(=O)n1-c1ccc(C)cc1. The fraction of sp³-hybridized carbons (Fsp3) is 0.192. The van der Waals surface area contributed by atoms with Crippen molar-refractivity contribution < 1.29 is 4.79 Å². The normalized spacial score (nSPS) is 11.9. The third kappa shape index (κ3) is 4.54. The van der Waals surface area contributed by atoms with Crippen LogP contribution in [0, 0.1) is 6.92 Å². The first-order valence-electron chi connectivity index (χ1n) is 10.8. The van der Waals surface area contributed by atoms with E-state index in [0.717, 1.165) is 10.0 Å². The first-order chi connectivity index (χ1) is 15.9. The Balaban J connectivity index is 1.82. The number of carbonyl (C=O) groups excluding carboxylic acids is 1. The molecule has 7 heteroatoms. The van der Waals surface area contributed by atoms with Crippen LogP contribution >= 0.6 is 15.9 Å². The lowest BCUT2D eigenvalue weighted by atomic mass is 10.1. The Morgan fingerprint density at radius 1 is 1.06 bits per heavy atom. The van der Waals surface area contributed by atoms with E-state index < -0.39 is 6.04 Å². The molecule has 0 radical (unpaired) electrons. The van der Waals surface area contributed by atoms with E-state index in [4.69, 9.17) is 4.98 Å². The molecule has 3 aromatic carbocycles. The number of halogens is 1. The van der Waals surface area contributed by atoms with Crippen molar-refractivity contribution in [3.05, 3.63) is 99.0 Å². The molecule has 33 heavy (non-hydrogen) atoms. The molecule has 0 fully saturated rings. The van der Waals surface area contributed by atoms with Crippen molar-refractivity contribution >= 4 is 38.6 Å². The van der Waals surface area contributed by atoms with Gasteiger partial charge in [-0.1, -0.05) is 42.0 Å². The van der Waals surface area contributed by atoms with Gasteiger partial charge in [-0.05, 0) is 73.1 Å². The van der Waals surface area contributed by atoms with E-state index in [2.05, 4.69) is 21.2 Å². The van der Waals surface area contributed by atoms with Crippen molar-refractivity contribution in [1.82, 2.24) is 14.5 Å². The first kappa shape index (κ1) is 22.7. The Labute approximate surface area is 201 Å². The van der Waals surface area contributed by atoms with E-state index in [9.17, 15) is 9.59 Å². The molecule has 0 spiro atoms. The first-order valence-corrected chi connectivity index (χ1v) is 11.6. The number of anilines is 1. The van der Waals surface area contributed by atoms with Crippen LogP contribution in [0.15, 0.2) is 82.1 Å². The zero-order valence-electron chi connectivity index (χ0n) is 18.7. The molecule has 0 bridgehead atoms. The highest BCUT2D eigenvalue weighted by atomic mass is 79.9. The number of urea groups is 1. The minimum atomic E-state index is -0.462. The number of benzene rings is 3. The fourth-order valence-corrected chi connectivity index (χ4v) is 4.24. The summed E-state index contributed by atoms with van der Waals surface area (Å²) >= 11 is 3.47. The van der Waals surface area contributed by atoms with E-state index in [1.54, 1.807) is 15.5 Å². The monoisotopic (exact) mass is 504 g/mol. The van der Waals surface area contributed by atoms with Gasteiger partial charge in [-0.15, -0.1) is 0 Å². The molecule has 1 atom stereocenters. The van der Waals surface area contributed by atoms with Gasteiger partial charge < -0.3 is 10.2 Å². The number of nitrogens with zero attached hydrogens (tertiary/aromatic N) is 3. The van der Waals surface area contributed by atoms with E-state index in [1.807, 2.05) is 87.5 Å². The Bertz CT molecular complexity index is 1370. The van der Waals surface area contributed by atoms with Gasteiger partial charge in [-0.2, -0.15) is 0 Å². The van der Waals surface area contributed by atoms with Crippen LogP contribution in [0.4, 0.5) is 10.5 Å². The second-order valence-corrected chi connectivity index (χ2v) is 8.69. The van der Waals surface area contributed by atoms with Crippen LogP contribution in [0.5, 0.6) is 0 Å². The summed E-state index contributed by atoms with van der Waals surface area (Å²) in [5.41, 5.74) is 2.94. The van der Waals surface area contributed by atoms with Crippen LogP contribution in [0.25, 0.3) is 16.6 Å². The number of fused-ring (bicyclic) bond motifs is 1. The molecule has 0 aliphatic heterocycles. The van der Waals surface area contributed by atoms with Gasteiger partial charge in [-0.3, -0.25) is 9.36 Å². The lowest BCUT2D eigenvalue weighted by Crippen LogP contribution is -2.39. The number of nitrogens with one attached hydrogen (secondary N) is 1. The molecular formula is C26H25BrN4O2. The molecule has 4 aromatic rings. The molecular weight excluding hydrogens is 480 g/mol. The molecule has 4 rings (SSSR count). The van der Waals surface area contributed by atoms with Crippen LogP contribution in [0.2, 0.25) is 0 Å². The standard InChI is InChI=1S/C26H25BrN4O2/c1-4-30(26(33)29-23-12-8-6-10-21(23)27)18(3)24-28-22-11-7-5-9-20(22)25(32)31(24)19-15-13-17(2)14-16-19/h5-16,18H,4H2,1-3H3,(H,29,33). The summed E-state index contributed by atoms with van der Waals surface area (Å²) < 4.78 is 2.41. The van der Waals surface area contributed by atoms with Gasteiger partial charge in [0.1, 0.15) is 5.82 Å². The molecule has 0 saturated heterocycles. The molecule has 0 aliphatic rings. The average Bonchev–Trinajstić information content (AvgIpc) is 2.82. The molecule has 6 nitrogen and oxygen atoms in total. The van der Waals surface area contributed by atoms with E-state index in [-0.39, 0.29) is 11.6 Å². The fourth-order valence-electron chi connectivity index (χ4n) is 3.86. The molecule has 1 heterocycles. The van der Waals surface area contributed by atoms with E-state index >= 15 is 0 Å². The number of carbonyl (C=O) groups is 1. The van der Waals surface area contributed by atoms with Gasteiger partial charge in [0.05, 0.1) is 28.3 Å². The molecule has 0 saturated carbocycles. The van der Waals surface area contributed by atoms with Crippen molar-refractivity contribution in [3.63, 3.8) is 0 Å². The number of amides is 2. The van der Waals surface area contributed by atoms with Gasteiger partial charge in [0.15, 0.2) is 0 Å². The average molecular weight is 505 g/mol. The van der Waals surface area contributed by atoms with E-state index in [0.29, 0.717) is 34.6 Å². The Hall–Kier alpha value is -3.45. The van der Waals surface area contributed by atoms with Gasteiger partial charge in [-0.25, -0.2) is 9.78 Å². The summed E-state index contributed by atoms with van der Waals surface area (Å²) in [5.74, 6) is 0.506. The maximum Gasteiger partial charge on any atom is 0.322 e. The number of para-hydroxylation sites is 2. The number of aromatic nitrogens is 2. The summed E-state index contributed by atoms with van der Waals surface area (Å²) in [6.07, 6.45) is 0. The van der Waals surface area contributed by atoms with Gasteiger partial charge >= 0.3 is 6.03 Å². The minimum Gasteiger partial charge on any atom is -0.315 e. The Kier molecular flexibility index (Phi) is 6.60. The second-order valence-electron chi connectivity index (χ2n) is 7.84. The lowest BCUT2D eigenvalue weighted by molar-refractivity contribution is 0.193. The lowest BCUT2D eigenvalue weighted by Gasteiger charge is -2.29. The summed E-state index contributed by atoms with van der Waals surface area (Å²) in [7, 11) is 0. The van der Waals surface area contributed by atoms with Crippen LogP contribution in [0.1, 0.15) is 31.3 Å². The summed E-state index contributed by atoms with van der Waals surface area (Å²) in [6, 6.07) is 21.7. The van der Waals surface area contributed by atoms with Crippen LogP contribution in [-0.4, -0.2) is 27.0 Å². The maximum absolute atomic E-state index is 13.6. The van der Waals surface area contributed by atoms with Crippen LogP contribution < -0.4 is 10.9 Å². The zero-order valence-corrected chi connectivity index (χ0v) is 20.3. The maximum atomic E-state index is 13.6. The highest BCUT2D eigenvalue weighted by molar-refractivity contribution is 9.10. The molecule has 168 valence electrons. The summed E-state index contributed by atoms with van der Waals surface area (Å²) in [5, 5.41) is 3.49. The number of hydrogen-bond donors (Lipinski definition) is 1. The molecule has 0 aliphatic carbocycles. The largest absolute Gasteiger partial charge is 0.322 e. The van der Waals surface area contributed by atoms with Crippen molar-refractivity contribution in [2.75, 3.05) is 11.9 Å². The summed E-state index contributed by atoms with van der Waals surface area (Å²) in [4.78, 5) is 33.3. The van der Waals surface area contributed by atoms with Crippen LogP contribution in [-0.2, 0) is 0 Å². The zero-order chi connectivity index (χ0) is 23.5. The third-order valence-electron chi connectivity index (χ3n) is 5.65. The molecule has 2 amide bonds. The van der Waals surface area contributed by atoms with Gasteiger partial charge in [0.25, 0.3) is 5.56 Å². The third-order valence-corrected chi connectivity index (χ3v) is 6.34. The van der Waals surface area contributed by atoms with Crippen LogP contribution in [0.3, 0.4) is 0 Å². The molecule has 1 unspecified atom stereocenters. The van der Waals surface area contributed by atoms with Crippen molar-refractivity contribution in [2.24, 2.45) is 0 Å². The Morgan fingerprint density at radius 2 is 1.73 bits per heavy atom. The van der Waals surface area contributed by atoms with Crippen molar-refractivity contribution in [2.45, 2.75) is 26.8 Å². The highest BCUT2D eigenvalue weighted by Crippen LogP contribution is 2.26. The predicted octanol–water partition coefficient (Wildman–Crippen LogP) is 6.07. The summed E-state index contributed by atoms with van der Waals surface area (Å²) in [6.45, 7) is 6.24. The quantitative estimate of drug-likeness (QED) is 0.358. The molecule has 1 N–H and O–H groups in total. The van der Waals surface area contributed by atoms with E-state index in [1.165, 1.54) is 0 Å². The molecule has 1 aromatic heterocycles. The minimum absolute atomic E-state index is 0.159. The number of aryl methyl sites for hydroxylation is 1. The van der Waals surface area contributed by atoms with Crippen molar-refractivity contribution in [1.29, 1.82) is 0 Å². The Morgan fingerprint density at radius 3 is 2.42 bits per heavy atom. The topological polar surface area (TPSA) is 67.2 Å². The number of hydrogen-bond acceptors (Lipinski definition) is 3. The van der Waals surface area contributed by atoms with Gasteiger partial charge in [0.2, 0.25) is 0 Å². The second kappa shape index (κ2) is 9.58. The van der Waals surface area contributed by atoms with Crippen molar-refractivity contribution in [3.8, 4) is 5.69 Å². The predicted molar refractivity (Wildman–Crippen MR) is 136 cm³/mol. The smallest absolute Gasteiger partial charge is 0.315 e. The van der Waals surface area contributed by atoms with Gasteiger partial charge in [0, 0.05) is 11.0 Å². The number of rotatable bonds is 5. The highest BCUT2D eigenvalue weighted by Gasteiger charge is 2.26.